The third kappa shape index (κ3) is 7.92. The standard InChI is InChI=1S/C25H36O6Si2/c1-25(2,3)24(30-28-22(26)18-10-14-20(15-11-18)32(4,5)6)31-29-23(27)19-12-16-21(17-13-19)33(7,8)9/h10-17,24H,1-9H3. The molecule has 6 nitrogen and oxygen atoms in total. The first kappa shape index (κ1) is 27.0. The normalized spacial score (nSPS) is 12.5. The van der Waals surface area contributed by atoms with Crippen molar-refractivity contribution in [3.63, 3.8) is 0 Å². The van der Waals surface area contributed by atoms with Gasteiger partial charge in [-0.2, -0.15) is 0 Å². The molecule has 0 heterocycles. The average Bonchev–Trinajstić information content (AvgIpc) is 2.71. The van der Waals surface area contributed by atoms with Crippen molar-refractivity contribution in [1.82, 2.24) is 0 Å². The van der Waals surface area contributed by atoms with E-state index in [2.05, 4.69) is 39.3 Å². The highest BCUT2D eigenvalue weighted by Crippen LogP contribution is 2.24. The maximum absolute atomic E-state index is 12.4. The first-order chi connectivity index (χ1) is 15.1. The Hall–Kier alpha value is -2.27. The molecule has 0 unspecified atom stereocenters. The van der Waals surface area contributed by atoms with E-state index in [1.807, 2.05) is 45.0 Å². The van der Waals surface area contributed by atoms with Crippen LogP contribution in [0.25, 0.3) is 0 Å². The number of rotatable bonds is 8. The molecule has 0 amide bonds. The van der Waals surface area contributed by atoms with Crippen molar-refractivity contribution >= 4 is 38.5 Å². The van der Waals surface area contributed by atoms with Crippen LogP contribution in [0.5, 0.6) is 0 Å². The molecular formula is C25H36O6Si2. The predicted octanol–water partition coefficient (Wildman–Crippen LogP) is 5.03. The summed E-state index contributed by atoms with van der Waals surface area (Å²) in [4.78, 5) is 45.3. The van der Waals surface area contributed by atoms with Gasteiger partial charge >= 0.3 is 11.9 Å². The van der Waals surface area contributed by atoms with Crippen LogP contribution in [0.1, 0.15) is 41.5 Å². The number of carbonyl (C=O) groups excluding carboxylic acids is 2. The lowest BCUT2D eigenvalue weighted by molar-refractivity contribution is -0.442. The van der Waals surface area contributed by atoms with E-state index in [1.54, 1.807) is 24.3 Å². The summed E-state index contributed by atoms with van der Waals surface area (Å²) in [6.45, 7) is 18.8. The molecule has 0 saturated heterocycles. The third-order valence-electron chi connectivity index (χ3n) is 5.10. The number of carbonyl (C=O) groups is 2. The second-order valence-electron chi connectivity index (χ2n) is 11.3. The van der Waals surface area contributed by atoms with Crippen LogP contribution >= 0.6 is 0 Å². The lowest BCUT2D eigenvalue weighted by Crippen LogP contribution is -2.37. The van der Waals surface area contributed by atoms with Gasteiger partial charge in [0.25, 0.3) is 6.29 Å². The van der Waals surface area contributed by atoms with Gasteiger partial charge in [-0.15, -0.1) is 9.78 Å². The van der Waals surface area contributed by atoms with Gasteiger partial charge in [0.15, 0.2) is 0 Å². The summed E-state index contributed by atoms with van der Waals surface area (Å²) in [6, 6.07) is 14.6. The minimum atomic E-state index is -1.46. The molecule has 0 bridgehead atoms. The van der Waals surface area contributed by atoms with E-state index >= 15 is 0 Å². The predicted molar refractivity (Wildman–Crippen MR) is 135 cm³/mol. The zero-order valence-corrected chi connectivity index (χ0v) is 23.1. The minimum absolute atomic E-state index is 0.365. The maximum Gasteiger partial charge on any atom is 0.373 e. The fourth-order valence-electron chi connectivity index (χ4n) is 2.79. The molecule has 0 aromatic heterocycles. The summed E-state index contributed by atoms with van der Waals surface area (Å²) in [7, 11) is -2.93. The van der Waals surface area contributed by atoms with Gasteiger partial charge in [-0.05, 0) is 24.3 Å². The van der Waals surface area contributed by atoms with Crippen LogP contribution in [-0.2, 0) is 19.6 Å². The molecule has 8 heteroatoms. The van der Waals surface area contributed by atoms with E-state index in [0.29, 0.717) is 11.1 Å². The Bertz CT molecular complexity index is 875. The molecule has 0 N–H and O–H groups in total. The summed E-state index contributed by atoms with van der Waals surface area (Å²) in [5.41, 5.74) is 0.0949. The zero-order valence-electron chi connectivity index (χ0n) is 21.1. The van der Waals surface area contributed by atoms with Crippen molar-refractivity contribution in [3.05, 3.63) is 59.7 Å². The summed E-state index contributed by atoms with van der Waals surface area (Å²) in [6.07, 6.45) is -1.12. The Morgan fingerprint density at radius 2 is 0.939 bits per heavy atom. The Morgan fingerprint density at radius 1 is 0.636 bits per heavy atom. The quantitative estimate of drug-likeness (QED) is 0.225. The lowest BCUT2D eigenvalue weighted by Gasteiger charge is -2.26. The summed E-state index contributed by atoms with van der Waals surface area (Å²) < 4.78 is 0. The fourth-order valence-corrected chi connectivity index (χ4v) is 5.12. The highest BCUT2D eigenvalue weighted by atomic mass is 28.3. The highest BCUT2D eigenvalue weighted by molar-refractivity contribution is 6.89. The fraction of sp³-hybridized carbons (Fsp3) is 0.440. The molecule has 2 rings (SSSR count). The molecule has 0 spiro atoms. The second kappa shape index (κ2) is 10.3. The molecule has 0 aliphatic carbocycles. The van der Waals surface area contributed by atoms with Gasteiger partial charge in [-0.25, -0.2) is 9.59 Å². The molecule has 2 aromatic rings. The topological polar surface area (TPSA) is 71.1 Å². The van der Waals surface area contributed by atoms with Crippen LogP contribution in [0, 0.1) is 5.41 Å². The van der Waals surface area contributed by atoms with Crippen molar-refractivity contribution in [2.45, 2.75) is 66.3 Å². The van der Waals surface area contributed by atoms with Crippen LogP contribution in [0.3, 0.4) is 0 Å². The second-order valence-corrected chi connectivity index (χ2v) is 21.4. The van der Waals surface area contributed by atoms with Crippen LogP contribution in [0.15, 0.2) is 48.5 Å². The molecule has 33 heavy (non-hydrogen) atoms. The van der Waals surface area contributed by atoms with Crippen LogP contribution in [-0.4, -0.2) is 34.4 Å². The molecule has 0 fully saturated rings. The van der Waals surface area contributed by atoms with Crippen LogP contribution in [0.4, 0.5) is 0 Å². The van der Waals surface area contributed by atoms with Gasteiger partial charge in [0, 0.05) is 5.41 Å². The Morgan fingerprint density at radius 3 is 1.18 bits per heavy atom. The van der Waals surface area contributed by atoms with E-state index in [1.165, 1.54) is 10.4 Å². The van der Waals surface area contributed by atoms with Gasteiger partial charge in [0.2, 0.25) is 0 Å². The number of hydrogen-bond donors (Lipinski definition) is 0. The van der Waals surface area contributed by atoms with Crippen molar-refractivity contribution in [2.24, 2.45) is 5.41 Å². The van der Waals surface area contributed by atoms with Gasteiger partial charge in [0.05, 0.1) is 27.3 Å². The third-order valence-corrected chi connectivity index (χ3v) is 9.23. The molecule has 2 aromatic carbocycles. The maximum atomic E-state index is 12.4. The van der Waals surface area contributed by atoms with Crippen LogP contribution in [0.2, 0.25) is 39.3 Å². The van der Waals surface area contributed by atoms with Crippen molar-refractivity contribution < 1.29 is 29.1 Å². The number of hydrogen-bond acceptors (Lipinski definition) is 6. The molecule has 0 radical (unpaired) electrons. The van der Waals surface area contributed by atoms with Crippen molar-refractivity contribution in [3.8, 4) is 0 Å². The summed E-state index contributed by atoms with van der Waals surface area (Å²) >= 11 is 0. The largest absolute Gasteiger partial charge is 0.373 e. The van der Waals surface area contributed by atoms with Gasteiger partial charge in [-0.1, -0.05) is 94.7 Å². The smallest absolute Gasteiger partial charge is 0.290 e. The monoisotopic (exact) mass is 488 g/mol. The zero-order chi connectivity index (χ0) is 25.0. The first-order valence-electron chi connectivity index (χ1n) is 11.1. The number of benzene rings is 2. The molecular weight excluding hydrogens is 452 g/mol. The molecule has 0 saturated carbocycles. The van der Waals surface area contributed by atoms with E-state index in [4.69, 9.17) is 19.6 Å². The SMILES string of the molecule is CC(C)(C)C(OOC(=O)c1ccc([Si](C)(C)C)cc1)OOC(=O)c1ccc([Si](C)(C)C)cc1. The van der Waals surface area contributed by atoms with Gasteiger partial charge in [-0.3, -0.25) is 9.78 Å². The highest BCUT2D eigenvalue weighted by Gasteiger charge is 2.32. The Labute approximate surface area is 199 Å². The molecule has 0 aliphatic rings. The van der Waals surface area contributed by atoms with E-state index in [0.717, 1.165) is 0 Å². The van der Waals surface area contributed by atoms with E-state index in [-0.39, 0.29) is 0 Å². The minimum Gasteiger partial charge on any atom is -0.290 e. The van der Waals surface area contributed by atoms with E-state index < -0.39 is 39.8 Å². The summed E-state index contributed by atoms with van der Waals surface area (Å²) in [5.74, 6) is -1.30. The van der Waals surface area contributed by atoms with Crippen molar-refractivity contribution in [1.29, 1.82) is 0 Å². The molecule has 0 atom stereocenters. The van der Waals surface area contributed by atoms with Crippen molar-refractivity contribution in [2.75, 3.05) is 0 Å². The van der Waals surface area contributed by atoms with Gasteiger partial charge in [0.1, 0.15) is 0 Å². The molecule has 0 aliphatic heterocycles. The lowest BCUT2D eigenvalue weighted by atomic mass is 9.96. The first-order valence-corrected chi connectivity index (χ1v) is 18.1. The average molecular weight is 489 g/mol. The Balaban J connectivity index is 1.98. The Kier molecular flexibility index (Phi) is 8.45. The van der Waals surface area contributed by atoms with Crippen LogP contribution < -0.4 is 10.4 Å². The molecule has 180 valence electrons. The summed E-state index contributed by atoms with van der Waals surface area (Å²) in [5, 5.41) is 2.47. The van der Waals surface area contributed by atoms with E-state index in [9.17, 15) is 9.59 Å². The van der Waals surface area contributed by atoms with Gasteiger partial charge < -0.3 is 0 Å².